The van der Waals surface area contributed by atoms with Crippen molar-refractivity contribution >= 4 is 46.0 Å². The molecule has 1 saturated heterocycles. The molecule has 0 radical (unpaired) electrons. The summed E-state index contributed by atoms with van der Waals surface area (Å²) in [6.07, 6.45) is 14.6. The number of aliphatic carboxylic acids is 1. The van der Waals surface area contributed by atoms with E-state index in [1.807, 2.05) is 20.8 Å². The zero-order valence-corrected chi connectivity index (χ0v) is 28.5. The third kappa shape index (κ3) is 10.5. The maximum Gasteiger partial charge on any atom is 0.321 e. The fourth-order valence-electron chi connectivity index (χ4n) is 5.81. The van der Waals surface area contributed by atoms with Crippen LogP contribution in [-0.2, 0) is 9.59 Å². The summed E-state index contributed by atoms with van der Waals surface area (Å²) in [6, 6.07) is 6.66. The molecule has 3 rings (SSSR count). The second kappa shape index (κ2) is 18.3. The van der Waals surface area contributed by atoms with Crippen molar-refractivity contribution in [1.82, 2.24) is 5.32 Å². The summed E-state index contributed by atoms with van der Waals surface area (Å²) in [5, 5.41) is 27.7. The van der Waals surface area contributed by atoms with Gasteiger partial charge in [0.05, 0.1) is 21.9 Å². The topological polar surface area (TPSA) is 125 Å². The first-order valence-corrected chi connectivity index (χ1v) is 17.9. The minimum Gasteiger partial charge on any atom is -0.506 e. The number of amides is 2. The highest BCUT2D eigenvalue weighted by atomic mass is 32.2. The maximum atomic E-state index is 13.1. The lowest BCUT2D eigenvalue weighted by Gasteiger charge is -2.18. The molecule has 2 aromatic rings. The highest BCUT2D eigenvalue weighted by Crippen LogP contribution is 2.57. The summed E-state index contributed by atoms with van der Waals surface area (Å²) >= 11 is 1.42. The number of carboxylic acids is 1. The molecule has 2 unspecified atom stereocenters. The van der Waals surface area contributed by atoms with Gasteiger partial charge < -0.3 is 25.6 Å². The number of phenolic OH excluding ortho intramolecular Hbond substituents is 1. The molecule has 2 aromatic carbocycles. The lowest BCUT2D eigenvalue weighted by molar-refractivity contribution is -0.139. The Morgan fingerprint density at radius 2 is 1.60 bits per heavy atom. The van der Waals surface area contributed by atoms with Gasteiger partial charge in [0, 0.05) is 18.4 Å². The number of benzene rings is 2. The molecule has 2 amide bonds. The number of thioether (sulfide) groups is 1. The van der Waals surface area contributed by atoms with Crippen molar-refractivity contribution in [1.29, 1.82) is 0 Å². The van der Waals surface area contributed by atoms with Crippen LogP contribution in [-0.4, -0.2) is 51.1 Å². The van der Waals surface area contributed by atoms with Gasteiger partial charge in [-0.1, -0.05) is 110 Å². The SMILES string of the molecule is CCCCCCCCCCCCC1(C(=O)O)SC1COc1cc(C(=O)NCCCC)c(O)c2cccc(NC(=O)CC(C)C)c12. The van der Waals surface area contributed by atoms with Gasteiger partial charge in [0.25, 0.3) is 5.91 Å². The van der Waals surface area contributed by atoms with E-state index < -0.39 is 16.6 Å². The highest BCUT2D eigenvalue weighted by molar-refractivity contribution is 8.09. The average molecular weight is 643 g/mol. The number of aromatic hydroxyl groups is 1. The molecule has 250 valence electrons. The summed E-state index contributed by atoms with van der Waals surface area (Å²) in [5.41, 5.74) is 0.553. The molecular weight excluding hydrogens is 588 g/mol. The smallest absolute Gasteiger partial charge is 0.321 e. The zero-order valence-electron chi connectivity index (χ0n) is 27.7. The summed E-state index contributed by atoms with van der Waals surface area (Å²) in [6.45, 7) is 8.80. The van der Waals surface area contributed by atoms with E-state index in [0.717, 1.165) is 32.1 Å². The predicted octanol–water partition coefficient (Wildman–Crippen LogP) is 8.69. The number of fused-ring (bicyclic) bond motifs is 1. The Kier molecular flexibility index (Phi) is 14.8. The first kappa shape index (κ1) is 36.5. The van der Waals surface area contributed by atoms with Gasteiger partial charge in [-0.15, -0.1) is 11.8 Å². The molecule has 0 saturated carbocycles. The second-order valence-electron chi connectivity index (χ2n) is 12.8. The van der Waals surface area contributed by atoms with E-state index in [1.54, 1.807) is 18.2 Å². The van der Waals surface area contributed by atoms with Crippen molar-refractivity contribution in [2.24, 2.45) is 5.92 Å². The number of ether oxygens (including phenoxy) is 1. The van der Waals surface area contributed by atoms with Crippen molar-refractivity contribution < 1.29 is 29.3 Å². The van der Waals surface area contributed by atoms with Gasteiger partial charge in [0.2, 0.25) is 5.91 Å². The number of carbonyl (C=O) groups excluding carboxylic acids is 2. The normalized spacial score (nSPS) is 17.4. The van der Waals surface area contributed by atoms with E-state index in [0.29, 0.717) is 41.6 Å². The molecule has 1 aliphatic heterocycles. The molecular formula is C36H54N2O6S. The van der Waals surface area contributed by atoms with Crippen molar-refractivity contribution in [3.8, 4) is 11.5 Å². The van der Waals surface area contributed by atoms with Crippen LogP contribution in [0.3, 0.4) is 0 Å². The van der Waals surface area contributed by atoms with Crippen molar-refractivity contribution in [2.45, 2.75) is 128 Å². The summed E-state index contributed by atoms with van der Waals surface area (Å²) < 4.78 is 5.42. The Bertz CT molecular complexity index is 1280. The summed E-state index contributed by atoms with van der Waals surface area (Å²) in [5.74, 6) is -1.09. The third-order valence-electron chi connectivity index (χ3n) is 8.49. The number of nitrogens with one attached hydrogen (secondary N) is 2. The number of carboxylic acid groups (broad SMARTS) is 1. The van der Waals surface area contributed by atoms with Gasteiger partial charge in [-0.05, 0) is 30.9 Å². The Labute approximate surface area is 273 Å². The number of anilines is 1. The van der Waals surface area contributed by atoms with Crippen LogP contribution in [0, 0.1) is 5.92 Å². The second-order valence-corrected chi connectivity index (χ2v) is 14.3. The van der Waals surface area contributed by atoms with Crippen molar-refractivity contribution in [3.63, 3.8) is 0 Å². The van der Waals surface area contributed by atoms with E-state index in [4.69, 9.17) is 4.74 Å². The van der Waals surface area contributed by atoms with Gasteiger partial charge in [0.15, 0.2) is 0 Å². The molecule has 0 bridgehead atoms. The van der Waals surface area contributed by atoms with E-state index >= 15 is 0 Å². The zero-order chi connectivity index (χ0) is 32.8. The number of rotatable bonds is 22. The predicted molar refractivity (Wildman–Crippen MR) is 185 cm³/mol. The number of carbonyl (C=O) groups is 3. The first-order valence-electron chi connectivity index (χ1n) is 17.0. The van der Waals surface area contributed by atoms with Crippen LogP contribution in [0.15, 0.2) is 24.3 Å². The van der Waals surface area contributed by atoms with Crippen LogP contribution in [0.5, 0.6) is 11.5 Å². The van der Waals surface area contributed by atoms with Gasteiger partial charge in [-0.25, -0.2) is 0 Å². The lowest BCUT2D eigenvalue weighted by atomic mass is 9.97. The quantitative estimate of drug-likeness (QED) is 0.0748. The van der Waals surface area contributed by atoms with E-state index in [1.165, 1.54) is 62.8 Å². The van der Waals surface area contributed by atoms with Crippen molar-refractivity contribution in [3.05, 3.63) is 29.8 Å². The van der Waals surface area contributed by atoms with Crippen molar-refractivity contribution in [2.75, 3.05) is 18.5 Å². The van der Waals surface area contributed by atoms with E-state index in [2.05, 4.69) is 17.6 Å². The first-order chi connectivity index (χ1) is 21.6. The Morgan fingerprint density at radius 1 is 0.956 bits per heavy atom. The van der Waals surface area contributed by atoms with Crippen LogP contribution in [0.1, 0.15) is 128 Å². The van der Waals surface area contributed by atoms with Gasteiger partial charge in [-0.3, -0.25) is 14.4 Å². The molecule has 0 spiro atoms. The summed E-state index contributed by atoms with van der Waals surface area (Å²) in [7, 11) is 0. The van der Waals surface area contributed by atoms with Crippen LogP contribution < -0.4 is 15.4 Å². The molecule has 2 atom stereocenters. The minimum absolute atomic E-state index is 0.0811. The Balaban J connectivity index is 1.73. The minimum atomic E-state index is -0.873. The van der Waals surface area contributed by atoms with Gasteiger partial charge in [0.1, 0.15) is 22.9 Å². The monoisotopic (exact) mass is 642 g/mol. The molecule has 8 nitrogen and oxygen atoms in total. The molecule has 1 aliphatic rings. The van der Waals surface area contributed by atoms with Crippen LogP contribution in [0.2, 0.25) is 0 Å². The Morgan fingerprint density at radius 3 is 2.22 bits per heavy atom. The number of hydrogen-bond acceptors (Lipinski definition) is 6. The standard InChI is InChI=1S/C36H54N2O6S/c1-5-7-9-10-11-12-13-14-15-16-20-36(35(42)43)30(45-36)24-44-29-23-27(34(41)37-21-8-6-2)33(40)26-18-17-19-28(32(26)29)38-31(39)22-25(3)4/h17-19,23,25,30,40H,5-16,20-22,24H2,1-4H3,(H,37,41)(H,38,39)(H,42,43). The lowest BCUT2D eigenvalue weighted by Crippen LogP contribution is -2.29. The molecule has 45 heavy (non-hydrogen) atoms. The number of unbranched alkanes of at least 4 members (excludes halogenated alkanes) is 10. The van der Waals surface area contributed by atoms with E-state index in [-0.39, 0.29) is 35.0 Å². The molecule has 0 aromatic heterocycles. The Hall–Kier alpha value is -2.94. The van der Waals surface area contributed by atoms with Gasteiger partial charge >= 0.3 is 5.97 Å². The van der Waals surface area contributed by atoms with Gasteiger partial charge in [-0.2, -0.15) is 0 Å². The van der Waals surface area contributed by atoms with E-state index in [9.17, 15) is 24.6 Å². The molecule has 1 heterocycles. The third-order valence-corrected chi connectivity index (χ3v) is 10.1. The molecule has 4 N–H and O–H groups in total. The average Bonchev–Trinajstić information content (AvgIpc) is 3.72. The van der Waals surface area contributed by atoms with Crippen LogP contribution in [0.25, 0.3) is 10.8 Å². The maximum absolute atomic E-state index is 13.1. The van der Waals surface area contributed by atoms with Crippen LogP contribution >= 0.6 is 11.8 Å². The largest absolute Gasteiger partial charge is 0.506 e. The fraction of sp³-hybridized carbons (Fsp3) is 0.639. The molecule has 1 fully saturated rings. The molecule has 9 heteroatoms. The van der Waals surface area contributed by atoms with Crippen LogP contribution in [0.4, 0.5) is 5.69 Å². The molecule has 0 aliphatic carbocycles. The summed E-state index contributed by atoms with van der Waals surface area (Å²) in [4.78, 5) is 38.1. The number of hydrogen-bond donors (Lipinski definition) is 4. The fourth-order valence-corrected chi connectivity index (χ4v) is 7.04. The highest BCUT2D eigenvalue weighted by Gasteiger charge is 2.61. The number of phenols is 1.